The van der Waals surface area contributed by atoms with Crippen LogP contribution in [-0.4, -0.2) is 19.1 Å². The lowest BCUT2D eigenvalue weighted by atomic mass is 9.64. The van der Waals surface area contributed by atoms with Gasteiger partial charge in [-0.2, -0.15) is 0 Å². The Labute approximate surface area is 510 Å². The lowest BCUT2D eigenvalue weighted by Gasteiger charge is -2.37. The van der Waals surface area contributed by atoms with Crippen molar-refractivity contribution in [2.45, 2.75) is 11.3 Å². The van der Waals surface area contributed by atoms with Gasteiger partial charge in [0.25, 0.3) is 0 Å². The highest BCUT2D eigenvalue weighted by Crippen LogP contribution is 2.61. The van der Waals surface area contributed by atoms with Crippen LogP contribution >= 0.6 is 0 Å². The molecule has 0 bridgehead atoms. The molecule has 0 saturated heterocycles. The van der Waals surface area contributed by atoms with Crippen LogP contribution in [0.3, 0.4) is 0 Å². The van der Waals surface area contributed by atoms with Gasteiger partial charge in [-0.25, -0.2) is 9.97 Å². The zero-order valence-corrected chi connectivity index (χ0v) is 48.0. The van der Waals surface area contributed by atoms with E-state index in [1.54, 1.807) is 0 Å². The molecule has 0 amide bonds. The minimum absolute atomic E-state index is 0.130. The molecule has 88 heavy (non-hydrogen) atoms. The number of aromatic nitrogens is 4. The van der Waals surface area contributed by atoms with Gasteiger partial charge in [-0.3, -0.25) is 9.13 Å². The monoisotopic (exact) mass is 1120 g/mol. The van der Waals surface area contributed by atoms with Gasteiger partial charge >= 0.3 is 0 Å². The summed E-state index contributed by atoms with van der Waals surface area (Å²) in [5.74, 6) is 1.59. The van der Waals surface area contributed by atoms with Gasteiger partial charge < -0.3 is 0 Å². The summed E-state index contributed by atoms with van der Waals surface area (Å²) in [6.45, 7) is 0. The van der Waals surface area contributed by atoms with E-state index in [9.17, 15) is 0 Å². The quantitative estimate of drug-likeness (QED) is 0.144. The summed E-state index contributed by atoms with van der Waals surface area (Å²) >= 11 is 0. The molecule has 18 rings (SSSR count). The summed E-state index contributed by atoms with van der Waals surface area (Å²) in [6, 6.07) is 119. The molecule has 410 valence electrons. The maximum Gasteiger partial charge on any atom is 0.138 e. The lowest BCUT2D eigenvalue weighted by molar-refractivity contribution is 0.750. The van der Waals surface area contributed by atoms with Crippen LogP contribution in [0.2, 0.25) is 0 Å². The fourth-order valence-corrected chi connectivity index (χ4v) is 15.1. The minimum Gasteiger partial charge on any atom is -0.294 e. The van der Waals surface area contributed by atoms with Gasteiger partial charge in [0.05, 0.1) is 38.9 Å². The van der Waals surface area contributed by atoms with Gasteiger partial charge in [0.1, 0.15) is 11.6 Å². The molecule has 0 saturated carbocycles. The fraction of sp³-hybridized carbons (Fsp3) is 0.0238. The minimum atomic E-state index is -0.845. The molecule has 0 N–H and O–H groups in total. The summed E-state index contributed by atoms with van der Waals surface area (Å²) < 4.78 is 4.87. The van der Waals surface area contributed by atoms with E-state index in [1.807, 2.05) is 0 Å². The van der Waals surface area contributed by atoms with Crippen molar-refractivity contribution < 1.29 is 0 Å². The molecular formula is C84H54N4. The van der Waals surface area contributed by atoms with Crippen molar-refractivity contribution in [3.63, 3.8) is 0 Å². The Balaban J connectivity index is 0.982. The third kappa shape index (κ3) is 7.52. The predicted molar refractivity (Wildman–Crippen MR) is 363 cm³/mol. The van der Waals surface area contributed by atoms with Crippen molar-refractivity contribution in [1.29, 1.82) is 0 Å². The van der Waals surface area contributed by atoms with Crippen LogP contribution in [-0.2, 0) is 5.41 Å². The van der Waals surface area contributed by atoms with E-state index in [4.69, 9.17) is 9.97 Å². The molecule has 0 spiro atoms. The molecule has 4 heterocycles. The van der Waals surface area contributed by atoms with E-state index in [2.05, 4.69) is 331 Å². The standard InChI is InChI=1S/C84H54N4/c1-5-25-54(26-6-1)58-47-75(56-29-9-3-10-30-56)85-81(49-58)87-77-43-23-19-37-65(77)67-46-45-60(51-79(67)87)84(72-41-21-17-35-63(72)64-36-18-22-42-73(64)84)74-52-70-66-38-20-24-44-78(66)88(80(70)53-71(74)83-68-39-15-13-33-61(68)62-34-14-16-40-69(62)83)82-50-59(55-27-7-2-8-28-55)48-76(86-82)57-31-11-4-12-32-57/h1-53,83H. The molecular weight excluding hydrogens is 1060 g/mol. The molecule has 16 aromatic rings. The number of benzene rings is 12. The Kier molecular flexibility index (Phi) is 11.2. The van der Waals surface area contributed by atoms with Gasteiger partial charge in [-0.15, -0.1) is 0 Å². The molecule has 0 atom stereocenters. The number of pyridine rings is 2. The normalized spacial score (nSPS) is 13.0. The first-order valence-electron chi connectivity index (χ1n) is 30.4. The Morgan fingerprint density at radius 3 is 1.16 bits per heavy atom. The van der Waals surface area contributed by atoms with Crippen LogP contribution in [0.25, 0.3) is 122 Å². The molecule has 0 aliphatic heterocycles. The highest BCUT2D eigenvalue weighted by atomic mass is 15.1. The van der Waals surface area contributed by atoms with E-state index >= 15 is 0 Å². The van der Waals surface area contributed by atoms with Crippen molar-refractivity contribution in [2.75, 3.05) is 0 Å². The summed E-state index contributed by atoms with van der Waals surface area (Å²) in [7, 11) is 0. The second-order valence-electron chi connectivity index (χ2n) is 23.5. The van der Waals surface area contributed by atoms with Gasteiger partial charge in [0.2, 0.25) is 0 Å². The topological polar surface area (TPSA) is 35.6 Å². The number of nitrogens with zero attached hydrogens (tertiary/aromatic N) is 4. The first-order valence-corrected chi connectivity index (χ1v) is 30.4. The molecule has 0 unspecified atom stereocenters. The second kappa shape index (κ2) is 19.8. The summed E-state index contributed by atoms with van der Waals surface area (Å²) in [4.78, 5) is 11.3. The van der Waals surface area contributed by atoms with E-state index < -0.39 is 5.41 Å². The van der Waals surface area contributed by atoms with Crippen molar-refractivity contribution in [2.24, 2.45) is 0 Å². The fourth-order valence-electron chi connectivity index (χ4n) is 15.1. The molecule has 2 aliphatic carbocycles. The number of hydrogen-bond acceptors (Lipinski definition) is 2. The first-order chi connectivity index (χ1) is 43.7. The smallest absolute Gasteiger partial charge is 0.138 e. The second-order valence-corrected chi connectivity index (χ2v) is 23.5. The van der Waals surface area contributed by atoms with Crippen LogP contribution in [0.1, 0.15) is 44.9 Å². The van der Waals surface area contributed by atoms with E-state index in [0.717, 1.165) is 89.2 Å². The number of para-hydroxylation sites is 2. The predicted octanol–water partition coefficient (Wildman–Crippen LogP) is 20.9. The third-order valence-corrected chi connectivity index (χ3v) is 18.9. The van der Waals surface area contributed by atoms with Gasteiger partial charge in [-0.05, 0) is 138 Å². The average Bonchev–Trinajstić information content (AvgIpc) is 1.52. The van der Waals surface area contributed by atoms with Gasteiger partial charge in [0, 0.05) is 38.6 Å². The van der Waals surface area contributed by atoms with Crippen molar-refractivity contribution in [3.05, 3.63) is 360 Å². The highest BCUT2D eigenvalue weighted by molar-refractivity contribution is 6.12. The zero-order chi connectivity index (χ0) is 57.9. The van der Waals surface area contributed by atoms with Crippen molar-refractivity contribution in [1.82, 2.24) is 19.1 Å². The molecule has 4 nitrogen and oxygen atoms in total. The molecule has 0 fully saturated rings. The van der Waals surface area contributed by atoms with E-state index in [0.29, 0.717) is 0 Å². The Morgan fingerprint density at radius 1 is 0.250 bits per heavy atom. The third-order valence-electron chi connectivity index (χ3n) is 18.9. The van der Waals surface area contributed by atoms with Crippen molar-refractivity contribution in [3.8, 4) is 78.7 Å². The summed E-state index contributed by atoms with van der Waals surface area (Å²) in [6.07, 6.45) is 0. The van der Waals surface area contributed by atoms with Crippen LogP contribution in [0.5, 0.6) is 0 Å². The summed E-state index contributed by atoms with van der Waals surface area (Å²) in [5.41, 5.74) is 25.8. The number of fused-ring (bicyclic) bond motifs is 12. The van der Waals surface area contributed by atoms with E-state index in [-0.39, 0.29) is 5.92 Å². The largest absolute Gasteiger partial charge is 0.294 e. The molecule has 0 radical (unpaired) electrons. The maximum absolute atomic E-state index is 5.67. The summed E-state index contributed by atoms with van der Waals surface area (Å²) in [5, 5.41) is 4.66. The van der Waals surface area contributed by atoms with Crippen LogP contribution in [0.4, 0.5) is 0 Å². The Morgan fingerprint density at radius 2 is 0.648 bits per heavy atom. The lowest BCUT2D eigenvalue weighted by Crippen LogP contribution is -2.31. The van der Waals surface area contributed by atoms with Crippen LogP contribution < -0.4 is 0 Å². The molecule has 2 aliphatic rings. The Hall–Kier alpha value is -11.5. The Bertz CT molecular complexity index is 5240. The van der Waals surface area contributed by atoms with Crippen LogP contribution in [0.15, 0.2) is 322 Å². The highest BCUT2D eigenvalue weighted by Gasteiger charge is 2.49. The SMILES string of the molecule is c1ccc(-c2cc(-c3ccccc3)nc(-n3c4ccccc4c4ccc(C5(c6cc7c8ccccc8n(-c8cc(-c9ccccc9)cc(-c9ccccc9)n8)c7cc6C6c7ccccc7-c7ccccc76)c6ccccc6-c6ccccc65)cc43)c2)cc1. The maximum atomic E-state index is 5.67. The van der Waals surface area contributed by atoms with Crippen molar-refractivity contribution >= 4 is 43.6 Å². The number of hydrogen-bond donors (Lipinski definition) is 0. The van der Waals surface area contributed by atoms with Gasteiger partial charge in [-0.1, -0.05) is 267 Å². The van der Waals surface area contributed by atoms with E-state index in [1.165, 1.54) is 72.0 Å². The number of rotatable bonds is 9. The molecule has 12 aromatic carbocycles. The van der Waals surface area contributed by atoms with Crippen LogP contribution in [0, 0.1) is 0 Å². The van der Waals surface area contributed by atoms with Gasteiger partial charge in [0.15, 0.2) is 0 Å². The first kappa shape index (κ1) is 49.9. The molecule has 4 heteroatoms. The average molecular weight is 1120 g/mol. The zero-order valence-electron chi connectivity index (χ0n) is 48.0. The molecule has 4 aromatic heterocycles.